The molecule has 3 N–H and O–H groups in total. The van der Waals surface area contributed by atoms with Crippen molar-refractivity contribution in [3.8, 4) is 5.75 Å². The van der Waals surface area contributed by atoms with Gasteiger partial charge in [-0.2, -0.15) is 0 Å². The predicted octanol–water partition coefficient (Wildman–Crippen LogP) is 0.780. The Labute approximate surface area is 95.1 Å². The Kier molecular flexibility index (Phi) is 4.73. The molecule has 1 aromatic rings. The molecule has 2 atom stereocenters. The van der Waals surface area contributed by atoms with Crippen LogP contribution in [0, 0.1) is 6.92 Å². The number of hydrogen-bond donors (Lipinski definition) is 3. The van der Waals surface area contributed by atoms with Gasteiger partial charge in [-0.1, -0.05) is 6.07 Å². The Bertz CT molecular complexity index is 338. The highest BCUT2D eigenvalue weighted by atomic mass is 16.5. The predicted molar refractivity (Wildman–Crippen MR) is 60.4 cm³/mol. The standard InChI is InChI=1S/C12H18O4/c1-8-3-4-9(16-2)7-10(8)12(15)11(14)5-6-13/h3-4,7,11-15H,5-6H2,1-2H3. The van der Waals surface area contributed by atoms with Crippen molar-refractivity contribution in [2.45, 2.75) is 25.6 Å². The van der Waals surface area contributed by atoms with E-state index in [-0.39, 0.29) is 13.0 Å². The van der Waals surface area contributed by atoms with Gasteiger partial charge in [-0.3, -0.25) is 0 Å². The summed E-state index contributed by atoms with van der Waals surface area (Å²) >= 11 is 0. The van der Waals surface area contributed by atoms with Crippen LogP contribution in [0.5, 0.6) is 5.75 Å². The molecule has 16 heavy (non-hydrogen) atoms. The SMILES string of the molecule is COc1ccc(C)c(C(O)C(O)CCO)c1. The molecule has 0 spiro atoms. The van der Waals surface area contributed by atoms with E-state index in [1.54, 1.807) is 19.2 Å². The first kappa shape index (κ1) is 13.0. The van der Waals surface area contributed by atoms with Crippen LogP contribution in [0.2, 0.25) is 0 Å². The monoisotopic (exact) mass is 226 g/mol. The van der Waals surface area contributed by atoms with Gasteiger partial charge in [0.05, 0.1) is 13.2 Å². The Balaban J connectivity index is 2.92. The molecule has 4 heteroatoms. The van der Waals surface area contributed by atoms with E-state index in [1.165, 1.54) is 0 Å². The van der Waals surface area contributed by atoms with Gasteiger partial charge in [-0.25, -0.2) is 0 Å². The molecule has 0 saturated heterocycles. The molecule has 0 aromatic heterocycles. The second kappa shape index (κ2) is 5.84. The maximum absolute atomic E-state index is 9.90. The fourth-order valence-electron chi connectivity index (χ4n) is 1.56. The third kappa shape index (κ3) is 2.95. The molecule has 1 rings (SSSR count). The van der Waals surface area contributed by atoms with E-state index in [9.17, 15) is 10.2 Å². The number of rotatable bonds is 5. The fraction of sp³-hybridized carbons (Fsp3) is 0.500. The zero-order valence-electron chi connectivity index (χ0n) is 9.55. The molecule has 4 nitrogen and oxygen atoms in total. The fourth-order valence-corrected chi connectivity index (χ4v) is 1.56. The Morgan fingerprint density at radius 1 is 1.31 bits per heavy atom. The third-order valence-corrected chi connectivity index (χ3v) is 2.59. The molecule has 0 radical (unpaired) electrons. The van der Waals surface area contributed by atoms with Crippen molar-refractivity contribution in [3.63, 3.8) is 0 Å². The maximum Gasteiger partial charge on any atom is 0.119 e. The molecule has 0 saturated carbocycles. The molecule has 0 amide bonds. The Morgan fingerprint density at radius 2 is 2.00 bits per heavy atom. The van der Waals surface area contributed by atoms with Crippen molar-refractivity contribution >= 4 is 0 Å². The van der Waals surface area contributed by atoms with Crippen molar-refractivity contribution in [1.82, 2.24) is 0 Å². The van der Waals surface area contributed by atoms with Crippen molar-refractivity contribution in [1.29, 1.82) is 0 Å². The van der Waals surface area contributed by atoms with Crippen LogP contribution in [-0.2, 0) is 0 Å². The summed E-state index contributed by atoms with van der Waals surface area (Å²) in [6.07, 6.45) is -1.81. The average Bonchev–Trinajstić information content (AvgIpc) is 2.29. The average molecular weight is 226 g/mol. The molecule has 2 unspecified atom stereocenters. The molecule has 0 aliphatic heterocycles. The van der Waals surface area contributed by atoms with Gasteiger partial charge >= 0.3 is 0 Å². The van der Waals surface area contributed by atoms with E-state index in [0.29, 0.717) is 11.3 Å². The van der Waals surface area contributed by atoms with Crippen LogP contribution >= 0.6 is 0 Å². The highest BCUT2D eigenvalue weighted by molar-refractivity contribution is 5.36. The van der Waals surface area contributed by atoms with Gasteiger partial charge in [0.25, 0.3) is 0 Å². The Hall–Kier alpha value is -1.10. The number of aryl methyl sites for hydroxylation is 1. The van der Waals surface area contributed by atoms with Gasteiger partial charge in [0.1, 0.15) is 11.9 Å². The van der Waals surface area contributed by atoms with Crippen LogP contribution in [0.3, 0.4) is 0 Å². The zero-order chi connectivity index (χ0) is 12.1. The minimum absolute atomic E-state index is 0.151. The van der Waals surface area contributed by atoms with Gasteiger partial charge < -0.3 is 20.1 Å². The number of aliphatic hydroxyl groups is 3. The van der Waals surface area contributed by atoms with E-state index >= 15 is 0 Å². The van der Waals surface area contributed by atoms with Crippen molar-refractivity contribution < 1.29 is 20.1 Å². The van der Waals surface area contributed by atoms with Gasteiger partial charge in [0.15, 0.2) is 0 Å². The first-order valence-corrected chi connectivity index (χ1v) is 5.21. The van der Waals surface area contributed by atoms with Gasteiger partial charge in [-0.15, -0.1) is 0 Å². The van der Waals surface area contributed by atoms with Gasteiger partial charge in [-0.05, 0) is 36.6 Å². The summed E-state index contributed by atoms with van der Waals surface area (Å²) < 4.78 is 5.06. The van der Waals surface area contributed by atoms with Gasteiger partial charge in [0, 0.05) is 6.61 Å². The normalized spacial score (nSPS) is 14.6. The van der Waals surface area contributed by atoms with E-state index in [0.717, 1.165) is 5.56 Å². The van der Waals surface area contributed by atoms with E-state index in [1.807, 2.05) is 13.0 Å². The van der Waals surface area contributed by atoms with Crippen LogP contribution in [0.15, 0.2) is 18.2 Å². The molecule has 0 heterocycles. The van der Waals surface area contributed by atoms with Crippen LogP contribution < -0.4 is 4.74 Å². The summed E-state index contributed by atoms with van der Waals surface area (Å²) in [6.45, 7) is 1.70. The van der Waals surface area contributed by atoms with E-state index < -0.39 is 12.2 Å². The lowest BCUT2D eigenvalue weighted by atomic mass is 9.98. The van der Waals surface area contributed by atoms with Crippen molar-refractivity contribution in [3.05, 3.63) is 29.3 Å². The van der Waals surface area contributed by atoms with Crippen molar-refractivity contribution in [2.24, 2.45) is 0 Å². The molecule has 0 aliphatic rings. The first-order valence-electron chi connectivity index (χ1n) is 5.21. The first-order chi connectivity index (χ1) is 7.60. The molecular formula is C12H18O4. The van der Waals surface area contributed by atoms with Crippen LogP contribution in [-0.4, -0.2) is 35.1 Å². The number of hydrogen-bond acceptors (Lipinski definition) is 4. The van der Waals surface area contributed by atoms with Crippen LogP contribution in [0.25, 0.3) is 0 Å². The number of methoxy groups -OCH3 is 1. The molecule has 0 fully saturated rings. The molecule has 0 aliphatic carbocycles. The summed E-state index contributed by atoms with van der Waals surface area (Å²) in [5.74, 6) is 0.635. The number of ether oxygens (including phenoxy) is 1. The minimum atomic E-state index is -0.998. The number of aliphatic hydroxyl groups excluding tert-OH is 3. The quantitative estimate of drug-likeness (QED) is 0.694. The summed E-state index contributed by atoms with van der Waals surface area (Å²) in [5.41, 5.74) is 1.51. The second-order valence-corrected chi connectivity index (χ2v) is 3.75. The summed E-state index contributed by atoms with van der Waals surface area (Å²) in [7, 11) is 1.55. The molecule has 0 bridgehead atoms. The maximum atomic E-state index is 9.90. The highest BCUT2D eigenvalue weighted by Crippen LogP contribution is 2.26. The van der Waals surface area contributed by atoms with Crippen LogP contribution in [0.1, 0.15) is 23.7 Å². The number of benzene rings is 1. The molecule has 1 aromatic carbocycles. The summed E-state index contributed by atoms with van der Waals surface area (Å²) in [6, 6.07) is 5.31. The summed E-state index contributed by atoms with van der Waals surface area (Å²) in [5, 5.41) is 28.2. The lowest BCUT2D eigenvalue weighted by Gasteiger charge is -2.19. The molecule has 90 valence electrons. The minimum Gasteiger partial charge on any atom is -0.497 e. The smallest absolute Gasteiger partial charge is 0.119 e. The topological polar surface area (TPSA) is 69.9 Å². The van der Waals surface area contributed by atoms with Crippen LogP contribution in [0.4, 0.5) is 0 Å². The van der Waals surface area contributed by atoms with Crippen molar-refractivity contribution in [2.75, 3.05) is 13.7 Å². The third-order valence-electron chi connectivity index (χ3n) is 2.59. The highest BCUT2D eigenvalue weighted by Gasteiger charge is 2.19. The van der Waals surface area contributed by atoms with E-state index in [2.05, 4.69) is 0 Å². The lowest BCUT2D eigenvalue weighted by molar-refractivity contribution is 0.00380. The Morgan fingerprint density at radius 3 is 2.56 bits per heavy atom. The second-order valence-electron chi connectivity index (χ2n) is 3.75. The zero-order valence-corrected chi connectivity index (χ0v) is 9.55. The largest absolute Gasteiger partial charge is 0.497 e. The lowest BCUT2D eigenvalue weighted by Crippen LogP contribution is -2.20. The van der Waals surface area contributed by atoms with E-state index in [4.69, 9.17) is 9.84 Å². The van der Waals surface area contributed by atoms with Gasteiger partial charge in [0.2, 0.25) is 0 Å². The molecular weight excluding hydrogens is 208 g/mol. The summed E-state index contributed by atoms with van der Waals surface area (Å²) in [4.78, 5) is 0.